The van der Waals surface area contributed by atoms with Crippen molar-refractivity contribution in [2.45, 2.75) is 68.8 Å². The molecule has 2 heterocycles. The molecule has 1 aliphatic carbocycles. The van der Waals surface area contributed by atoms with E-state index in [9.17, 15) is 0 Å². The topological polar surface area (TPSA) is 69.6 Å². The Morgan fingerprint density at radius 2 is 2.04 bits per heavy atom. The SMILES string of the molecule is CCCc1noc([C@H](C)Sc2nnc(-c3ccccc3Cl)n2C2CCCC2)n1. The minimum atomic E-state index is 0.00144. The van der Waals surface area contributed by atoms with Gasteiger partial charge in [-0.05, 0) is 38.3 Å². The molecule has 148 valence electrons. The summed E-state index contributed by atoms with van der Waals surface area (Å²) < 4.78 is 7.73. The maximum atomic E-state index is 6.46. The Bertz CT molecular complexity index is 934. The predicted octanol–water partition coefficient (Wildman–Crippen LogP) is 5.90. The predicted molar refractivity (Wildman–Crippen MR) is 111 cm³/mol. The molecule has 0 N–H and O–H groups in total. The summed E-state index contributed by atoms with van der Waals surface area (Å²) in [6.07, 6.45) is 6.56. The number of hydrogen-bond acceptors (Lipinski definition) is 6. The fourth-order valence-corrected chi connectivity index (χ4v) is 4.81. The number of aryl methyl sites for hydroxylation is 1. The molecule has 2 aromatic heterocycles. The van der Waals surface area contributed by atoms with Gasteiger partial charge in [0.2, 0.25) is 5.89 Å². The molecule has 0 aliphatic heterocycles. The van der Waals surface area contributed by atoms with Crippen LogP contribution in [0.5, 0.6) is 0 Å². The number of aromatic nitrogens is 5. The summed E-state index contributed by atoms with van der Waals surface area (Å²) in [5.41, 5.74) is 0.922. The Balaban J connectivity index is 1.65. The standard InChI is InChI=1S/C20H24ClN5OS/c1-3-8-17-22-19(27-25-17)13(2)28-20-24-23-18(15-11-6-7-12-16(15)21)26(20)14-9-4-5-10-14/h6-7,11-14H,3-5,8-10H2,1-2H3/t13-/m0/s1. The highest BCUT2D eigenvalue weighted by molar-refractivity contribution is 7.99. The van der Waals surface area contributed by atoms with E-state index < -0.39 is 0 Å². The third-order valence-electron chi connectivity index (χ3n) is 5.06. The van der Waals surface area contributed by atoms with Crippen molar-refractivity contribution in [2.24, 2.45) is 0 Å². The van der Waals surface area contributed by atoms with Crippen molar-refractivity contribution in [3.05, 3.63) is 41.0 Å². The van der Waals surface area contributed by atoms with E-state index in [-0.39, 0.29) is 5.25 Å². The highest BCUT2D eigenvalue weighted by Gasteiger charge is 2.28. The molecule has 0 amide bonds. The van der Waals surface area contributed by atoms with Crippen molar-refractivity contribution in [1.29, 1.82) is 0 Å². The molecule has 0 spiro atoms. The fourth-order valence-electron chi connectivity index (χ4n) is 3.64. The molecular weight excluding hydrogens is 394 g/mol. The van der Waals surface area contributed by atoms with Crippen molar-refractivity contribution in [3.8, 4) is 11.4 Å². The molecule has 0 unspecified atom stereocenters. The number of thioether (sulfide) groups is 1. The molecule has 0 radical (unpaired) electrons. The lowest BCUT2D eigenvalue weighted by Gasteiger charge is -2.18. The van der Waals surface area contributed by atoms with Gasteiger partial charge in [0, 0.05) is 18.0 Å². The Morgan fingerprint density at radius 1 is 1.25 bits per heavy atom. The number of benzene rings is 1. The lowest BCUT2D eigenvalue weighted by Crippen LogP contribution is -2.09. The van der Waals surface area contributed by atoms with Crippen LogP contribution in [0.3, 0.4) is 0 Å². The zero-order valence-corrected chi connectivity index (χ0v) is 17.7. The van der Waals surface area contributed by atoms with Gasteiger partial charge in [-0.15, -0.1) is 10.2 Å². The number of rotatable bonds is 7. The third-order valence-corrected chi connectivity index (χ3v) is 6.43. The molecule has 8 heteroatoms. The van der Waals surface area contributed by atoms with Gasteiger partial charge in [-0.25, -0.2) is 0 Å². The zero-order valence-electron chi connectivity index (χ0n) is 16.1. The fraction of sp³-hybridized carbons (Fsp3) is 0.500. The Morgan fingerprint density at radius 3 is 2.79 bits per heavy atom. The van der Waals surface area contributed by atoms with Gasteiger partial charge in [-0.1, -0.05) is 60.4 Å². The van der Waals surface area contributed by atoms with Crippen molar-refractivity contribution in [3.63, 3.8) is 0 Å². The second kappa shape index (κ2) is 8.66. The molecule has 6 nitrogen and oxygen atoms in total. The highest BCUT2D eigenvalue weighted by Crippen LogP contribution is 2.41. The lowest BCUT2D eigenvalue weighted by molar-refractivity contribution is 0.374. The summed E-state index contributed by atoms with van der Waals surface area (Å²) in [4.78, 5) is 4.53. The van der Waals surface area contributed by atoms with Crippen LogP contribution in [0.25, 0.3) is 11.4 Å². The molecule has 0 bridgehead atoms. The van der Waals surface area contributed by atoms with Crippen LogP contribution >= 0.6 is 23.4 Å². The quantitative estimate of drug-likeness (QED) is 0.445. The average molecular weight is 418 g/mol. The highest BCUT2D eigenvalue weighted by atomic mass is 35.5. The van der Waals surface area contributed by atoms with Crippen molar-refractivity contribution in [1.82, 2.24) is 24.9 Å². The average Bonchev–Trinajstić information content (AvgIpc) is 3.43. The van der Waals surface area contributed by atoms with Crippen LogP contribution in [-0.4, -0.2) is 24.9 Å². The van der Waals surface area contributed by atoms with Crippen LogP contribution in [0.15, 0.2) is 33.9 Å². The van der Waals surface area contributed by atoms with E-state index in [1.807, 2.05) is 24.3 Å². The maximum Gasteiger partial charge on any atom is 0.239 e. The van der Waals surface area contributed by atoms with Gasteiger partial charge in [0.1, 0.15) is 0 Å². The molecule has 1 aromatic carbocycles. The van der Waals surface area contributed by atoms with E-state index in [1.165, 1.54) is 12.8 Å². The molecule has 3 aromatic rings. The van der Waals surface area contributed by atoms with E-state index in [4.69, 9.17) is 16.1 Å². The van der Waals surface area contributed by atoms with E-state index >= 15 is 0 Å². The minimum absolute atomic E-state index is 0.00144. The van der Waals surface area contributed by atoms with Gasteiger partial charge in [-0.2, -0.15) is 4.98 Å². The summed E-state index contributed by atoms with van der Waals surface area (Å²) >= 11 is 8.07. The summed E-state index contributed by atoms with van der Waals surface area (Å²) in [6.45, 7) is 4.17. The second-order valence-corrected chi connectivity index (χ2v) is 8.87. The largest absolute Gasteiger partial charge is 0.338 e. The van der Waals surface area contributed by atoms with Gasteiger partial charge in [0.25, 0.3) is 0 Å². The molecule has 1 fully saturated rings. The molecule has 1 saturated carbocycles. The first-order valence-corrected chi connectivity index (χ1v) is 11.1. The van der Waals surface area contributed by atoms with E-state index in [1.54, 1.807) is 11.8 Å². The Kier molecular flexibility index (Phi) is 6.01. The van der Waals surface area contributed by atoms with Gasteiger partial charge < -0.3 is 4.52 Å². The van der Waals surface area contributed by atoms with Crippen molar-refractivity contribution < 1.29 is 4.52 Å². The van der Waals surface area contributed by atoms with Crippen LogP contribution in [0.2, 0.25) is 5.02 Å². The van der Waals surface area contributed by atoms with Gasteiger partial charge in [0.05, 0.1) is 10.3 Å². The minimum Gasteiger partial charge on any atom is -0.338 e. The third kappa shape index (κ3) is 3.96. The van der Waals surface area contributed by atoms with Crippen LogP contribution < -0.4 is 0 Å². The summed E-state index contributed by atoms with van der Waals surface area (Å²) in [6, 6.07) is 8.22. The molecule has 4 rings (SSSR count). The number of halogens is 1. The Hall–Kier alpha value is -1.86. The monoisotopic (exact) mass is 417 g/mol. The first-order chi connectivity index (χ1) is 13.7. The summed E-state index contributed by atoms with van der Waals surface area (Å²) in [5, 5.41) is 14.7. The first kappa shape index (κ1) is 19.5. The summed E-state index contributed by atoms with van der Waals surface area (Å²) in [5.74, 6) is 2.23. The maximum absolute atomic E-state index is 6.46. The normalized spacial score (nSPS) is 16.0. The number of hydrogen-bond donors (Lipinski definition) is 0. The molecular formula is C20H24ClN5OS. The van der Waals surface area contributed by atoms with E-state index in [2.05, 4.69) is 38.8 Å². The Labute approximate surface area is 174 Å². The molecule has 1 aliphatic rings. The van der Waals surface area contributed by atoms with Gasteiger partial charge in [0.15, 0.2) is 16.8 Å². The van der Waals surface area contributed by atoms with Crippen LogP contribution in [0.4, 0.5) is 0 Å². The van der Waals surface area contributed by atoms with Crippen molar-refractivity contribution >= 4 is 23.4 Å². The zero-order chi connectivity index (χ0) is 19.5. The second-order valence-electron chi connectivity index (χ2n) is 7.15. The van der Waals surface area contributed by atoms with Crippen LogP contribution in [-0.2, 0) is 6.42 Å². The summed E-state index contributed by atoms with van der Waals surface area (Å²) in [7, 11) is 0. The molecule has 1 atom stereocenters. The first-order valence-electron chi connectivity index (χ1n) is 9.86. The molecule has 28 heavy (non-hydrogen) atoms. The lowest BCUT2D eigenvalue weighted by atomic mass is 10.2. The van der Waals surface area contributed by atoms with Crippen LogP contribution in [0, 0.1) is 0 Å². The van der Waals surface area contributed by atoms with Gasteiger partial charge >= 0.3 is 0 Å². The van der Waals surface area contributed by atoms with E-state index in [0.717, 1.165) is 48.1 Å². The van der Waals surface area contributed by atoms with Crippen molar-refractivity contribution in [2.75, 3.05) is 0 Å². The van der Waals surface area contributed by atoms with Crippen LogP contribution in [0.1, 0.15) is 69.0 Å². The smallest absolute Gasteiger partial charge is 0.239 e. The number of nitrogens with zero attached hydrogens (tertiary/aromatic N) is 5. The van der Waals surface area contributed by atoms with E-state index in [0.29, 0.717) is 17.0 Å². The molecule has 0 saturated heterocycles. The van der Waals surface area contributed by atoms with Gasteiger partial charge in [-0.3, -0.25) is 4.57 Å².